The molecule has 2 aromatic heterocycles. The Kier molecular flexibility index (Phi) is 3.63. The van der Waals surface area contributed by atoms with E-state index >= 15 is 0 Å². The predicted octanol–water partition coefficient (Wildman–Crippen LogP) is 1.07. The van der Waals surface area contributed by atoms with Crippen molar-refractivity contribution in [3.8, 4) is 0 Å². The molecule has 2 fully saturated rings. The van der Waals surface area contributed by atoms with Crippen LogP contribution in [-0.2, 0) is 23.8 Å². The summed E-state index contributed by atoms with van der Waals surface area (Å²) in [6.45, 7) is 1.97. The SMILES string of the molecule is Cn1cncc1C(=O)N1CCC2(CC1)c1nc[nH]c1CCN2C(=O)C1CC1. The first-order valence-electron chi connectivity index (χ1n) is 9.70. The lowest BCUT2D eigenvalue weighted by Crippen LogP contribution is -2.59. The van der Waals surface area contributed by atoms with Crippen LogP contribution in [0, 0.1) is 5.92 Å². The number of aromatic amines is 1. The van der Waals surface area contributed by atoms with E-state index in [0.717, 1.165) is 50.0 Å². The molecule has 2 aliphatic heterocycles. The number of fused-ring (bicyclic) bond motifs is 2. The Morgan fingerprint density at radius 1 is 1.22 bits per heavy atom. The van der Waals surface area contributed by atoms with Crippen molar-refractivity contribution in [2.75, 3.05) is 19.6 Å². The molecule has 142 valence electrons. The number of likely N-dealkylation sites (tertiary alicyclic amines) is 1. The second-order valence-corrected chi connectivity index (χ2v) is 7.96. The van der Waals surface area contributed by atoms with Gasteiger partial charge in [-0.15, -0.1) is 0 Å². The van der Waals surface area contributed by atoms with E-state index in [1.54, 1.807) is 23.4 Å². The molecule has 0 bridgehead atoms. The van der Waals surface area contributed by atoms with Gasteiger partial charge in [0.2, 0.25) is 5.91 Å². The highest BCUT2D eigenvalue weighted by Gasteiger charge is 2.51. The third-order valence-corrected chi connectivity index (χ3v) is 6.37. The normalized spacial score (nSPS) is 21.4. The molecular formula is C19H24N6O2. The Bertz CT molecular complexity index is 888. The van der Waals surface area contributed by atoms with Gasteiger partial charge in [-0.2, -0.15) is 0 Å². The predicted molar refractivity (Wildman–Crippen MR) is 96.8 cm³/mol. The Labute approximate surface area is 157 Å². The van der Waals surface area contributed by atoms with Crippen LogP contribution >= 0.6 is 0 Å². The zero-order valence-electron chi connectivity index (χ0n) is 15.5. The molecule has 0 radical (unpaired) electrons. The monoisotopic (exact) mass is 368 g/mol. The number of piperidine rings is 1. The van der Waals surface area contributed by atoms with E-state index in [1.807, 2.05) is 11.9 Å². The first-order chi connectivity index (χ1) is 13.1. The number of aromatic nitrogens is 4. The highest BCUT2D eigenvalue weighted by atomic mass is 16.2. The number of H-pyrrole nitrogens is 1. The summed E-state index contributed by atoms with van der Waals surface area (Å²) in [5.74, 6) is 0.467. The summed E-state index contributed by atoms with van der Waals surface area (Å²) < 4.78 is 1.75. The number of amides is 2. The van der Waals surface area contributed by atoms with Gasteiger partial charge in [0.1, 0.15) is 5.69 Å². The number of imidazole rings is 2. The maximum absolute atomic E-state index is 13.0. The molecule has 0 aromatic carbocycles. The number of hydrogen-bond acceptors (Lipinski definition) is 4. The second-order valence-electron chi connectivity index (χ2n) is 7.96. The molecule has 1 N–H and O–H groups in total. The van der Waals surface area contributed by atoms with Gasteiger partial charge in [-0.25, -0.2) is 9.97 Å². The molecule has 1 saturated carbocycles. The molecule has 3 aliphatic rings. The molecule has 8 heteroatoms. The molecule has 1 aliphatic carbocycles. The summed E-state index contributed by atoms with van der Waals surface area (Å²) >= 11 is 0. The molecule has 5 rings (SSSR count). The quantitative estimate of drug-likeness (QED) is 0.859. The lowest BCUT2D eigenvalue weighted by atomic mass is 9.78. The number of hydrogen-bond donors (Lipinski definition) is 1. The van der Waals surface area contributed by atoms with E-state index in [9.17, 15) is 9.59 Å². The van der Waals surface area contributed by atoms with Gasteiger partial charge < -0.3 is 19.4 Å². The lowest BCUT2D eigenvalue weighted by molar-refractivity contribution is -0.143. The fourth-order valence-electron chi connectivity index (χ4n) is 4.66. The average molecular weight is 368 g/mol. The minimum absolute atomic E-state index is 0.00276. The number of carbonyl (C=O) groups excluding carboxylic acids is 2. The maximum atomic E-state index is 13.0. The molecule has 1 saturated heterocycles. The van der Waals surface area contributed by atoms with Crippen LogP contribution in [0.1, 0.15) is 47.6 Å². The van der Waals surface area contributed by atoms with Crippen LogP contribution in [0.2, 0.25) is 0 Å². The van der Waals surface area contributed by atoms with Gasteiger partial charge in [0.15, 0.2) is 0 Å². The van der Waals surface area contributed by atoms with Crippen molar-refractivity contribution in [1.29, 1.82) is 0 Å². The molecule has 27 heavy (non-hydrogen) atoms. The molecule has 8 nitrogen and oxygen atoms in total. The van der Waals surface area contributed by atoms with Crippen molar-refractivity contribution in [3.05, 3.63) is 35.9 Å². The lowest BCUT2D eigenvalue weighted by Gasteiger charge is -2.50. The van der Waals surface area contributed by atoms with E-state index < -0.39 is 0 Å². The smallest absolute Gasteiger partial charge is 0.272 e. The van der Waals surface area contributed by atoms with Crippen molar-refractivity contribution in [2.24, 2.45) is 13.0 Å². The van der Waals surface area contributed by atoms with Gasteiger partial charge in [0, 0.05) is 44.7 Å². The van der Waals surface area contributed by atoms with Gasteiger partial charge in [-0.3, -0.25) is 9.59 Å². The average Bonchev–Trinajstić information content (AvgIpc) is 3.26. The van der Waals surface area contributed by atoms with Gasteiger partial charge in [-0.1, -0.05) is 0 Å². The van der Waals surface area contributed by atoms with Crippen molar-refractivity contribution in [2.45, 2.75) is 37.6 Å². The zero-order valence-corrected chi connectivity index (χ0v) is 15.5. The van der Waals surface area contributed by atoms with Crippen molar-refractivity contribution in [3.63, 3.8) is 0 Å². The fourth-order valence-corrected chi connectivity index (χ4v) is 4.66. The van der Waals surface area contributed by atoms with Gasteiger partial charge in [-0.05, 0) is 25.7 Å². The Balaban J connectivity index is 1.42. The van der Waals surface area contributed by atoms with Crippen LogP contribution < -0.4 is 0 Å². The topological polar surface area (TPSA) is 87.1 Å². The Morgan fingerprint density at radius 3 is 2.67 bits per heavy atom. The van der Waals surface area contributed by atoms with E-state index in [2.05, 4.69) is 19.9 Å². The molecule has 2 aromatic rings. The number of aryl methyl sites for hydroxylation is 1. The Hall–Kier alpha value is -2.64. The fraction of sp³-hybridized carbons (Fsp3) is 0.579. The number of nitrogens with one attached hydrogen (secondary N) is 1. The summed E-state index contributed by atoms with van der Waals surface area (Å²) in [5.41, 5.74) is 2.37. The van der Waals surface area contributed by atoms with Crippen LogP contribution in [0.25, 0.3) is 0 Å². The van der Waals surface area contributed by atoms with Crippen LogP contribution in [0.3, 0.4) is 0 Å². The summed E-state index contributed by atoms with van der Waals surface area (Å²) in [7, 11) is 1.83. The molecule has 1 spiro atoms. The third kappa shape index (κ3) is 2.49. The standard InChI is InChI=1S/C19H24N6O2/c1-23-12-20-10-15(23)18(27)24-8-5-19(6-9-24)16-14(21-11-22-16)4-7-25(19)17(26)13-2-3-13/h10-13H,2-9H2,1H3,(H,21,22). The van der Waals surface area contributed by atoms with Gasteiger partial charge >= 0.3 is 0 Å². The maximum Gasteiger partial charge on any atom is 0.272 e. The summed E-state index contributed by atoms with van der Waals surface area (Å²) in [6, 6.07) is 0. The van der Waals surface area contributed by atoms with E-state index in [-0.39, 0.29) is 23.3 Å². The third-order valence-electron chi connectivity index (χ3n) is 6.37. The molecule has 0 atom stereocenters. The van der Waals surface area contributed by atoms with Crippen molar-refractivity contribution >= 4 is 11.8 Å². The minimum atomic E-state index is -0.378. The minimum Gasteiger partial charge on any atom is -0.348 e. The van der Waals surface area contributed by atoms with E-state index in [1.165, 1.54) is 0 Å². The number of rotatable bonds is 2. The summed E-state index contributed by atoms with van der Waals surface area (Å²) in [4.78, 5) is 41.7. The number of carbonyl (C=O) groups is 2. The first kappa shape index (κ1) is 16.5. The van der Waals surface area contributed by atoms with Crippen LogP contribution in [0.5, 0.6) is 0 Å². The largest absolute Gasteiger partial charge is 0.348 e. The van der Waals surface area contributed by atoms with Crippen LogP contribution in [0.15, 0.2) is 18.9 Å². The van der Waals surface area contributed by atoms with Crippen molar-refractivity contribution < 1.29 is 9.59 Å². The second kappa shape index (κ2) is 5.94. The van der Waals surface area contributed by atoms with Gasteiger partial charge in [0.05, 0.1) is 30.1 Å². The Morgan fingerprint density at radius 2 is 2.00 bits per heavy atom. The molecule has 2 amide bonds. The van der Waals surface area contributed by atoms with Gasteiger partial charge in [0.25, 0.3) is 5.91 Å². The van der Waals surface area contributed by atoms with E-state index in [0.29, 0.717) is 18.8 Å². The summed E-state index contributed by atoms with van der Waals surface area (Å²) in [5, 5.41) is 0. The molecular weight excluding hydrogens is 344 g/mol. The highest BCUT2D eigenvalue weighted by Crippen LogP contribution is 2.45. The zero-order chi connectivity index (χ0) is 18.6. The molecule has 0 unspecified atom stereocenters. The summed E-state index contributed by atoms with van der Waals surface area (Å²) in [6.07, 6.45) is 9.29. The first-order valence-corrected chi connectivity index (χ1v) is 9.70. The van der Waals surface area contributed by atoms with E-state index in [4.69, 9.17) is 0 Å². The van der Waals surface area contributed by atoms with Crippen LogP contribution in [-0.4, -0.2) is 60.8 Å². The molecule has 4 heterocycles. The van der Waals surface area contributed by atoms with Crippen LogP contribution in [0.4, 0.5) is 0 Å². The number of nitrogens with zero attached hydrogens (tertiary/aromatic N) is 5. The van der Waals surface area contributed by atoms with Crippen molar-refractivity contribution in [1.82, 2.24) is 29.3 Å². The highest BCUT2D eigenvalue weighted by molar-refractivity contribution is 5.92.